The van der Waals surface area contributed by atoms with Crippen molar-refractivity contribution in [1.82, 2.24) is 15.2 Å². The van der Waals surface area contributed by atoms with Crippen molar-refractivity contribution in [3.8, 4) is 28.4 Å². The molecule has 1 atom stereocenters. The Hall–Kier alpha value is -5.56. The summed E-state index contributed by atoms with van der Waals surface area (Å²) in [6.07, 6.45) is -1.63. The van der Waals surface area contributed by atoms with Crippen LogP contribution in [0, 0.1) is 0 Å². The number of aromatic nitrogens is 1. The summed E-state index contributed by atoms with van der Waals surface area (Å²) in [6.45, 7) is 0.525. The van der Waals surface area contributed by atoms with Crippen LogP contribution in [0.2, 0.25) is 5.02 Å². The van der Waals surface area contributed by atoms with Gasteiger partial charge in [0.1, 0.15) is 17.2 Å². The number of hydrogen-bond donors (Lipinski definition) is 6. The number of H-pyrrole nitrogens is 1. The topological polar surface area (TPSA) is 173 Å². The molecule has 0 radical (unpaired) electrons. The summed E-state index contributed by atoms with van der Waals surface area (Å²) in [5.41, 5.74) is 4.06. The molecule has 1 heterocycles. The third-order valence-corrected chi connectivity index (χ3v) is 8.47. The van der Waals surface area contributed by atoms with Gasteiger partial charge in [-0.2, -0.15) is 0 Å². The van der Waals surface area contributed by atoms with Crippen molar-refractivity contribution >= 4 is 40.2 Å². The van der Waals surface area contributed by atoms with Gasteiger partial charge in [-0.1, -0.05) is 60.1 Å². The summed E-state index contributed by atoms with van der Waals surface area (Å²) in [4.78, 5) is 40.2. The number of aromatic hydroxyl groups is 1. The van der Waals surface area contributed by atoms with Crippen LogP contribution >= 0.6 is 11.6 Å². The fourth-order valence-corrected chi connectivity index (χ4v) is 5.76. The van der Waals surface area contributed by atoms with Crippen LogP contribution in [-0.2, 0) is 17.8 Å². The van der Waals surface area contributed by atoms with Crippen molar-refractivity contribution in [2.75, 3.05) is 39.2 Å². The highest BCUT2D eigenvalue weighted by molar-refractivity contribution is 6.32. The molecular weight excluding hydrogens is 664 g/mol. The molecule has 13 heteroatoms. The number of nitrogens with one attached hydrogen (secondary N) is 3. The number of fused-ring (bicyclic) bond motifs is 1. The van der Waals surface area contributed by atoms with E-state index in [2.05, 4.69) is 15.6 Å². The summed E-state index contributed by atoms with van der Waals surface area (Å²) >= 11 is 6.52. The number of nitrogens with zero attached hydrogens (tertiary/aromatic N) is 1. The zero-order chi connectivity index (χ0) is 35.8. The molecular formula is C37H37ClN4O8. The quantitative estimate of drug-likeness (QED) is 0.0868. The Bertz CT molecular complexity index is 2050. The Morgan fingerprint density at radius 1 is 1.00 bits per heavy atom. The second-order valence-electron chi connectivity index (χ2n) is 11.6. The fourth-order valence-electron chi connectivity index (χ4n) is 5.52. The van der Waals surface area contributed by atoms with Gasteiger partial charge < -0.3 is 40.0 Å². The second-order valence-corrected chi connectivity index (χ2v) is 12.0. The van der Waals surface area contributed by atoms with Crippen molar-refractivity contribution in [2.24, 2.45) is 0 Å². The van der Waals surface area contributed by atoms with Crippen molar-refractivity contribution in [3.05, 3.63) is 117 Å². The lowest BCUT2D eigenvalue weighted by Gasteiger charge is -2.19. The van der Waals surface area contributed by atoms with E-state index in [-0.39, 0.29) is 53.2 Å². The average Bonchev–Trinajstić information content (AvgIpc) is 3.10. The lowest BCUT2D eigenvalue weighted by molar-refractivity contribution is -0.132. The molecule has 1 aromatic heterocycles. The zero-order valence-corrected chi connectivity index (χ0v) is 28.2. The smallest absolute Gasteiger partial charge is 0.409 e. The Balaban J connectivity index is 1.15. The molecule has 50 heavy (non-hydrogen) atoms. The molecule has 6 N–H and O–H groups in total. The molecule has 0 aliphatic rings. The van der Waals surface area contributed by atoms with Crippen LogP contribution in [0.3, 0.4) is 0 Å². The number of methoxy groups -OCH3 is 1. The van der Waals surface area contributed by atoms with Crippen LogP contribution in [0.25, 0.3) is 22.0 Å². The Morgan fingerprint density at radius 2 is 1.78 bits per heavy atom. The van der Waals surface area contributed by atoms with E-state index in [1.165, 1.54) is 24.1 Å². The first-order chi connectivity index (χ1) is 24.0. The average molecular weight is 701 g/mol. The summed E-state index contributed by atoms with van der Waals surface area (Å²) in [7, 11) is 3.16. The number of carbonyl (C=O) groups is 2. The molecule has 0 saturated carbocycles. The van der Waals surface area contributed by atoms with Crippen LogP contribution in [0.5, 0.6) is 17.2 Å². The third kappa shape index (κ3) is 8.72. The van der Waals surface area contributed by atoms with Crippen molar-refractivity contribution < 1.29 is 34.4 Å². The number of phenols is 1. The minimum absolute atomic E-state index is 0.0903. The number of aliphatic hydroxyl groups is 1. The number of benzene rings is 4. The SMILES string of the molecule is COc1cc(OCC(=O)N(C)CCc2ccc(-c3ccccc3)c(NC(=O)O)c2)c(Cl)cc1CNCC(O)c1ccc(O)c2[nH]c(=O)ccc12. The minimum atomic E-state index is -1.16. The number of phenolic OH excluding ortho intramolecular Hbond substituents is 1. The highest BCUT2D eigenvalue weighted by atomic mass is 35.5. The summed E-state index contributed by atoms with van der Waals surface area (Å²) in [6, 6.07) is 24.2. The number of pyridine rings is 1. The first-order valence-corrected chi connectivity index (χ1v) is 16.1. The number of halogens is 1. The van der Waals surface area contributed by atoms with Gasteiger partial charge in [-0.05, 0) is 47.4 Å². The predicted molar refractivity (Wildman–Crippen MR) is 191 cm³/mol. The maximum atomic E-state index is 12.9. The van der Waals surface area contributed by atoms with E-state index < -0.39 is 12.2 Å². The number of carbonyl (C=O) groups excluding carboxylic acids is 1. The van der Waals surface area contributed by atoms with Crippen LogP contribution in [0.4, 0.5) is 10.5 Å². The highest BCUT2D eigenvalue weighted by Gasteiger charge is 2.17. The zero-order valence-electron chi connectivity index (χ0n) is 27.4. The number of amides is 2. The van der Waals surface area contributed by atoms with Gasteiger partial charge >= 0.3 is 6.09 Å². The molecule has 0 bridgehead atoms. The van der Waals surface area contributed by atoms with Crippen LogP contribution < -0.4 is 25.7 Å². The third-order valence-electron chi connectivity index (χ3n) is 8.18. The molecule has 0 aliphatic heterocycles. The molecule has 12 nitrogen and oxygen atoms in total. The molecule has 1 unspecified atom stereocenters. The van der Waals surface area contributed by atoms with Gasteiger partial charge in [0, 0.05) is 55.3 Å². The normalized spacial score (nSPS) is 11.6. The summed E-state index contributed by atoms with van der Waals surface area (Å²) in [5.74, 6) is 0.354. The van der Waals surface area contributed by atoms with Gasteiger partial charge in [0.15, 0.2) is 6.61 Å². The van der Waals surface area contributed by atoms with Gasteiger partial charge in [-0.25, -0.2) is 4.79 Å². The first-order valence-electron chi connectivity index (χ1n) is 15.7. The van der Waals surface area contributed by atoms with Gasteiger partial charge in [-0.3, -0.25) is 14.9 Å². The predicted octanol–water partition coefficient (Wildman–Crippen LogP) is 5.56. The number of hydrogen-bond acceptors (Lipinski definition) is 8. The maximum absolute atomic E-state index is 12.9. The Kier molecular flexibility index (Phi) is 11.6. The maximum Gasteiger partial charge on any atom is 0.409 e. The highest BCUT2D eigenvalue weighted by Crippen LogP contribution is 2.34. The largest absolute Gasteiger partial charge is 0.506 e. The molecule has 260 valence electrons. The molecule has 2 amide bonds. The number of aliphatic hydroxyl groups excluding tert-OH is 1. The van der Waals surface area contributed by atoms with E-state index in [4.69, 9.17) is 21.1 Å². The standard InChI is InChI=1S/C37H37ClN4O8/c1-42(15-14-22-8-9-25(23-6-4-3-5-7-23)29(16-22)40-37(47)48)35(46)21-50-33-18-32(49-2)24(17-28(33)38)19-39-20-31(44)26-10-12-30(43)36-27(26)11-13-34(45)41-36/h3-13,16-18,31,39-40,43-44H,14-15,19-21H2,1-2H3,(H,41,45)(H,47,48). The number of ether oxygens (including phenoxy) is 2. The molecule has 0 fully saturated rings. The first kappa shape index (κ1) is 35.7. The van der Waals surface area contributed by atoms with Crippen molar-refractivity contribution in [3.63, 3.8) is 0 Å². The molecule has 0 spiro atoms. The van der Waals surface area contributed by atoms with Gasteiger partial charge in [0.05, 0.1) is 29.4 Å². The Morgan fingerprint density at radius 3 is 2.52 bits per heavy atom. The van der Waals surface area contributed by atoms with Crippen LogP contribution in [0.1, 0.15) is 22.8 Å². The van der Waals surface area contributed by atoms with Gasteiger partial charge in [-0.15, -0.1) is 0 Å². The monoisotopic (exact) mass is 700 g/mol. The fraction of sp³-hybridized carbons (Fsp3) is 0.216. The van der Waals surface area contributed by atoms with Gasteiger partial charge in [0.2, 0.25) is 5.56 Å². The van der Waals surface area contributed by atoms with Crippen LogP contribution in [-0.4, -0.2) is 71.1 Å². The molecule has 5 rings (SSSR count). The molecule has 4 aromatic carbocycles. The summed E-state index contributed by atoms with van der Waals surface area (Å²) < 4.78 is 11.3. The Labute approximate surface area is 292 Å². The van der Waals surface area contributed by atoms with E-state index in [0.717, 1.165) is 16.7 Å². The molecule has 0 aliphatic carbocycles. The number of anilines is 1. The number of carboxylic acid groups (broad SMARTS) is 1. The van der Waals surface area contributed by atoms with Crippen molar-refractivity contribution in [1.29, 1.82) is 0 Å². The van der Waals surface area contributed by atoms with Crippen molar-refractivity contribution in [2.45, 2.75) is 19.1 Å². The van der Waals surface area contributed by atoms with E-state index >= 15 is 0 Å². The molecule has 5 aromatic rings. The number of likely N-dealkylation sites (N-methyl/N-ethyl adjacent to an activating group) is 1. The number of aromatic amines is 1. The number of rotatable bonds is 14. The lowest BCUT2D eigenvalue weighted by atomic mass is 10.00. The van der Waals surface area contributed by atoms with E-state index in [1.54, 1.807) is 37.4 Å². The van der Waals surface area contributed by atoms with Gasteiger partial charge in [0.25, 0.3) is 5.91 Å². The lowest BCUT2D eigenvalue weighted by Crippen LogP contribution is -2.33. The van der Waals surface area contributed by atoms with E-state index in [9.17, 15) is 29.7 Å². The summed E-state index contributed by atoms with van der Waals surface area (Å²) in [5, 5.41) is 36.8. The van der Waals surface area contributed by atoms with E-state index in [0.29, 0.717) is 40.9 Å². The minimum Gasteiger partial charge on any atom is -0.506 e. The van der Waals surface area contributed by atoms with Crippen LogP contribution in [0.15, 0.2) is 89.7 Å². The second kappa shape index (κ2) is 16.2. The molecule has 0 saturated heterocycles. The van der Waals surface area contributed by atoms with E-state index in [1.807, 2.05) is 42.5 Å².